The molecule has 0 aliphatic carbocycles. The molecule has 1 heterocycles. The van der Waals surface area contributed by atoms with Gasteiger partial charge in [0.25, 0.3) is 0 Å². The highest BCUT2D eigenvalue weighted by Crippen LogP contribution is 2.49. The minimum absolute atomic E-state index is 0.350. The molecule has 0 radical (unpaired) electrons. The second kappa shape index (κ2) is 33.6. The molecular weight excluding hydrogens is 1590 g/mol. The van der Waals surface area contributed by atoms with Gasteiger partial charge in [-0.1, -0.05) is 416 Å². The smallest absolute Gasteiger partial charge is 0.399 e. The molecule has 0 saturated carbocycles. The molecule has 0 aromatic heterocycles. The summed E-state index contributed by atoms with van der Waals surface area (Å²) in [6.07, 6.45) is 0. The molecule has 4 heteroatoms. The Morgan fingerprint density at radius 3 is 0.770 bits per heavy atom. The standard InChI is InChI=1S/C58H38.C34H21Br.C30H29BO2/c1-2-14-39(15-3-1)41-18-10-19-42(34-41)43-20-11-21-44(35-43)45-22-12-23-46(36-45)47-30-31-49-38-50(33-32-48(49)37-47)57-53-25-6-8-27-55(53)58(56-28-9-7-26-54(56)57)52-29-13-17-40-16-4-5-24-51(40)52;35-26-19-18-23-20-25(17-16-24(23)21-26)33-29-11-3-5-13-31(29)34(32-14-6-4-12-30(32)33)28-15-7-9-22-8-1-2-10-27(22)28;1-29(2)30(3,4)33-31(32-29)28-18-10-17-27(21-28)26-16-9-15-25(20-26)24-14-8-13-23(19-24)22-11-6-5-7-12-22/h1-38H;1-21H;5-21H,1-4H3. The van der Waals surface area contributed by atoms with Crippen molar-refractivity contribution in [2.24, 2.45) is 0 Å². The minimum atomic E-state index is -0.360. The van der Waals surface area contributed by atoms with Gasteiger partial charge in [-0.05, 0) is 302 Å². The fourth-order valence-corrected chi connectivity index (χ4v) is 19.2. The molecule has 1 aliphatic rings. The quantitative estimate of drug-likeness (QED) is 0.0897. The van der Waals surface area contributed by atoms with E-state index in [9.17, 15) is 0 Å². The van der Waals surface area contributed by atoms with Gasteiger partial charge in [-0.15, -0.1) is 0 Å². The van der Waals surface area contributed by atoms with Crippen LogP contribution in [0.1, 0.15) is 27.7 Å². The van der Waals surface area contributed by atoms with Gasteiger partial charge in [0.05, 0.1) is 11.2 Å². The first-order valence-electron chi connectivity index (χ1n) is 43.5. The summed E-state index contributed by atoms with van der Waals surface area (Å²) in [7, 11) is -0.360. The highest BCUT2D eigenvalue weighted by atomic mass is 79.9. The zero-order valence-corrected chi connectivity index (χ0v) is 72.2. The summed E-state index contributed by atoms with van der Waals surface area (Å²) in [5.41, 5.74) is 27.5. The van der Waals surface area contributed by atoms with Gasteiger partial charge < -0.3 is 9.31 Å². The van der Waals surface area contributed by atoms with Crippen molar-refractivity contribution in [2.75, 3.05) is 0 Å². The van der Waals surface area contributed by atoms with E-state index >= 15 is 0 Å². The van der Waals surface area contributed by atoms with Crippen LogP contribution in [0.3, 0.4) is 0 Å². The molecule has 1 fully saturated rings. The van der Waals surface area contributed by atoms with Crippen molar-refractivity contribution >= 4 is 115 Å². The molecule has 22 aromatic rings. The van der Waals surface area contributed by atoms with E-state index < -0.39 is 0 Å². The molecule has 0 N–H and O–H groups in total. The molecule has 126 heavy (non-hydrogen) atoms. The van der Waals surface area contributed by atoms with Gasteiger partial charge in [0.1, 0.15) is 0 Å². The van der Waals surface area contributed by atoms with E-state index in [0.29, 0.717) is 0 Å². The van der Waals surface area contributed by atoms with Gasteiger partial charge in [-0.25, -0.2) is 0 Å². The molecular formula is C122H88BBrO2. The maximum Gasteiger partial charge on any atom is 0.494 e. The number of rotatable bonds is 12. The third-order valence-electron chi connectivity index (χ3n) is 25.8. The lowest BCUT2D eigenvalue weighted by Gasteiger charge is -2.32. The Kier molecular flexibility index (Phi) is 20.9. The number of fused-ring (bicyclic) bond motifs is 8. The monoisotopic (exact) mass is 1670 g/mol. The van der Waals surface area contributed by atoms with Gasteiger partial charge in [0, 0.05) is 4.47 Å². The lowest BCUT2D eigenvalue weighted by molar-refractivity contribution is 0.00578. The lowest BCUT2D eigenvalue weighted by atomic mass is 9.78. The van der Waals surface area contributed by atoms with E-state index in [4.69, 9.17) is 9.31 Å². The van der Waals surface area contributed by atoms with Gasteiger partial charge in [-0.2, -0.15) is 0 Å². The van der Waals surface area contributed by atoms with Crippen LogP contribution in [0.2, 0.25) is 0 Å². The van der Waals surface area contributed by atoms with Crippen LogP contribution in [0.25, 0.3) is 209 Å². The molecule has 0 spiro atoms. The number of benzene rings is 22. The third-order valence-corrected chi connectivity index (χ3v) is 26.3. The van der Waals surface area contributed by atoms with Crippen molar-refractivity contribution < 1.29 is 9.31 Å². The molecule has 0 bridgehead atoms. The predicted molar refractivity (Wildman–Crippen MR) is 543 cm³/mol. The fourth-order valence-electron chi connectivity index (χ4n) is 18.8. The summed E-state index contributed by atoms with van der Waals surface area (Å²) in [6.45, 7) is 8.35. The lowest BCUT2D eigenvalue weighted by Crippen LogP contribution is -2.41. The Hall–Kier alpha value is -14.6. The highest BCUT2D eigenvalue weighted by Gasteiger charge is 2.51. The normalized spacial score (nSPS) is 12.8. The van der Waals surface area contributed by atoms with Crippen molar-refractivity contribution in [3.05, 3.63) is 466 Å². The van der Waals surface area contributed by atoms with E-state index in [-0.39, 0.29) is 18.3 Å². The number of halogens is 1. The molecule has 598 valence electrons. The second-order valence-corrected chi connectivity index (χ2v) is 35.0. The van der Waals surface area contributed by atoms with Crippen LogP contribution >= 0.6 is 15.9 Å². The maximum atomic E-state index is 6.27. The largest absolute Gasteiger partial charge is 0.494 e. The van der Waals surface area contributed by atoms with Crippen molar-refractivity contribution in [1.29, 1.82) is 0 Å². The van der Waals surface area contributed by atoms with Crippen LogP contribution < -0.4 is 5.46 Å². The molecule has 0 atom stereocenters. The van der Waals surface area contributed by atoms with Crippen LogP contribution in [-0.2, 0) is 9.31 Å². The summed E-state index contributed by atoms with van der Waals surface area (Å²) < 4.78 is 13.6. The molecule has 0 amide bonds. The van der Waals surface area contributed by atoms with Gasteiger partial charge >= 0.3 is 7.12 Å². The summed E-state index contributed by atoms with van der Waals surface area (Å²) >= 11 is 3.61. The van der Waals surface area contributed by atoms with Crippen LogP contribution in [0.4, 0.5) is 0 Å². The zero-order chi connectivity index (χ0) is 84.8. The fraction of sp³-hybridized carbons (Fsp3) is 0.0492. The van der Waals surface area contributed by atoms with Crippen LogP contribution in [0.5, 0.6) is 0 Å². The molecule has 23 rings (SSSR count). The molecule has 2 nitrogen and oxygen atoms in total. The van der Waals surface area contributed by atoms with Crippen molar-refractivity contribution in [3.63, 3.8) is 0 Å². The SMILES string of the molecule is Brc1ccc2cc(-c3c4ccccc4c(-c4cccc5ccccc45)c4ccccc34)ccc2c1.CC1(C)OB(c2cccc(-c3cccc(-c4cccc(-c5ccccc5)c4)c3)c2)OC1(C)C.c1ccc(-c2cccc(-c3cccc(-c4cccc(-c5ccc6cc(-c7c8ccccc8c(-c8cccc9ccccc89)c8ccccc78)ccc6c5)c4)c3)c2)cc1. The van der Waals surface area contributed by atoms with Crippen molar-refractivity contribution in [1.82, 2.24) is 0 Å². The zero-order valence-electron chi connectivity index (χ0n) is 70.7. The van der Waals surface area contributed by atoms with Crippen molar-refractivity contribution in [2.45, 2.75) is 38.9 Å². The van der Waals surface area contributed by atoms with E-state index in [0.717, 1.165) is 15.5 Å². The minimum Gasteiger partial charge on any atom is -0.399 e. The average Bonchev–Trinajstić information content (AvgIpc) is 0.869. The van der Waals surface area contributed by atoms with E-state index in [2.05, 4.69) is 505 Å². The summed E-state index contributed by atoms with van der Waals surface area (Å²) in [6, 6.07) is 167. The van der Waals surface area contributed by atoms with Gasteiger partial charge in [0.15, 0.2) is 0 Å². The topological polar surface area (TPSA) is 18.5 Å². The number of hydrogen-bond donors (Lipinski definition) is 0. The predicted octanol–water partition coefficient (Wildman–Crippen LogP) is 33.7. The summed E-state index contributed by atoms with van der Waals surface area (Å²) in [5.74, 6) is 0. The van der Waals surface area contributed by atoms with Crippen LogP contribution in [0.15, 0.2) is 466 Å². The van der Waals surface area contributed by atoms with Gasteiger partial charge in [-0.3, -0.25) is 0 Å². The van der Waals surface area contributed by atoms with E-state index in [1.54, 1.807) is 0 Å². The molecule has 22 aromatic carbocycles. The Labute approximate surface area is 745 Å². The van der Waals surface area contributed by atoms with Crippen LogP contribution in [0, 0.1) is 0 Å². The average molecular weight is 1680 g/mol. The highest BCUT2D eigenvalue weighted by molar-refractivity contribution is 9.10. The summed E-state index contributed by atoms with van der Waals surface area (Å²) in [5, 5.41) is 20.3. The Morgan fingerprint density at radius 1 is 0.175 bits per heavy atom. The van der Waals surface area contributed by atoms with Crippen LogP contribution in [-0.4, -0.2) is 18.3 Å². The Bertz CT molecular complexity index is 7800. The second-order valence-electron chi connectivity index (χ2n) is 34.1. The summed E-state index contributed by atoms with van der Waals surface area (Å²) in [4.78, 5) is 0. The first-order chi connectivity index (χ1) is 61.8. The first kappa shape index (κ1) is 78.6. The van der Waals surface area contributed by atoms with E-state index in [1.165, 1.54) is 203 Å². The molecule has 0 unspecified atom stereocenters. The molecule has 1 aliphatic heterocycles. The third kappa shape index (κ3) is 15.2. The Morgan fingerprint density at radius 2 is 0.413 bits per heavy atom. The van der Waals surface area contributed by atoms with Crippen molar-refractivity contribution in [3.8, 4) is 122 Å². The maximum absolute atomic E-state index is 6.27. The Balaban J connectivity index is 0.000000123. The first-order valence-corrected chi connectivity index (χ1v) is 44.3. The van der Waals surface area contributed by atoms with Gasteiger partial charge in [0.2, 0.25) is 0 Å². The van der Waals surface area contributed by atoms with E-state index in [1.807, 2.05) is 0 Å². The number of hydrogen-bond acceptors (Lipinski definition) is 2. The molecule has 1 saturated heterocycles.